The van der Waals surface area contributed by atoms with Gasteiger partial charge in [-0.25, -0.2) is 0 Å². The van der Waals surface area contributed by atoms with Crippen LogP contribution in [0.15, 0.2) is 40.9 Å². The number of nitro groups is 2. The number of rotatable bonds is 8. The van der Waals surface area contributed by atoms with Gasteiger partial charge in [0, 0.05) is 37.5 Å². The van der Waals surface area contributed by atoms with Gasteiger partial charge in [0.2, 0.25) is 0 Å². The molecule has 23 heteroatoms. The van der Waals surface area contributed by atoms with Gasteiger partial charge in [0.1, 0.15) is 17.7 Å². The molecule has 2 aromatic rings. The summed E-state index contributed by atoms with van der Waals surface area (Å²) in [5, 5.41) is 30.8. The number of benzene rings is 2. The number of hydrogen-bond donors (Lipinski definition) is 0. The second-order valence-electron chi connectivity index (χ2n) is 17.0. The van der Waals surface area contributed by atoms with Crippen molar-refractivity contribution in [3.63, 3.8) is 0 Å². The zero-order chi connectivity index (χ0) is 46.4. The van der Waals surface area contributed by atoms with Crippen molar-refractivity contribution < 1.29 is 118 Å². The fourth-order valence-corrected chi connectivity index (χ4v) is 5.82. The first-order valence-corrected chi connectivity index (χ1v) is 19.7. The van der Waals surface area contributed by atoms with Crippen LogP contribution in [0.25, 0.3) is 0 Å². The first-order chi connectivity index (χ1) is 27.2. The Morgan fingerprint density at radius 2 is 0.887 bits per heavy atom. The van der Waals surface area contributed by atoms with E-state index in [4.69, 9.17) is 47.3 Å². The molecule has 2 aromatic carbocycles. The Balaban J connectivity index is 0.000000865. The van der Waals surface area contributed by atoms with E-state index in [2.05, 4.69) is 15.9 Å². The minimum atomic E-state index is -1.08. The van der Waals surface area contributed by atoms with Crippen LogP contribution in [0.5, 0.6) is 0 Å². The van der Waals surface area contributed by atoms with Gasteiger partial charge in [0.15, 0.2) is 0 Å². The summed E-state index contributed by atoms with van der Waals surface area (Å²) in [5.41, 5.74) is -1.50. The molecule has 0 spiro atoms. The number of nitrogens with zero attached hydrogens (tertiary/aromatic N) is 2. The van der Waals surface area contributed by atoms with Gasteiger partial charge in [-0.3, -0.25) is 29.8 Å². The predicted molar refractivity (Wildman–Crippen MR) is 230 cm³/mol. The minimum absolute atomic E-state index is 0. The Labute approximate surface area is 416 Å². The van der Waals surface area contributed by atoms with Crippen LogP contribution < -0.4 is 62.0 Å². The van der Waals surface area contributed by atoms with Crippen LogP contribution in [0.1, 0.15) is 122 Å². The predicted octanol–water partition coefficient (Wildman–Crippen LogP) is 3.02. The maximum Gasteiger partial charge on any atom is 1.00 e. The van der Waals surface area contributed by atoms with Crippen molar-refractivity contribution >= 4 is 71.8 Å². The first-order valence-electron chi connectivity index (χ1n) is 18.9. The Hall–Kier alpha value is -2.28. The summed E-state index contributed by atoms with van der Waals surface area (Å²) >= 11 is 3.10. The Morgan fingerprint density at radius 3 is 1.21 bits per heavy atom. The number of hydrogen-bond acceptors (Lipinski definition) is 16. The van der Waals surface area contributed by atoms with Crippen LogP contribution in [-0.4, -0.2) is 82.5 Å². The zero-order valence-electron chi connectivity index (χ0n) is 37.9. The second-order valence-corrected chi connectivity index (χ2v) is 17.8. The minimum Gasteiger partial charge on any atom is -0.550 e. The molecule has 0 N–H and O–H groups in total. The van der Waals surface area contributed by atoms with Crippen LogP contribution >= 0.6 is 15.9 Å². The van der Waals surface area contributed by atoms with Gasteiger partial charge in [0.25, 0.3) is 11.4 Å². The molecule has 3 saturated heterocycles. The van der Waals surface area contributed by atoms with Crippen molar-refractivity contribution in [3.05, 3.63) is 72.2 Å². The van der Waals surface area contributed by atoms with Gasteiger partial charge in [-0.05, 0) is 112 Å². The summed E-state index contributed by atoms with van der Waals surface area (Å²) in [6.45, 7) is 27.2. The molecular weight excluding hydrogens is 904 g/mol. The Bertz CT molecular complexity index is 1830. The molecule has 3 fully saturated rings. The number of ether oxygens (including phenoxy) is 2. The van der Waals surface area contributed by atoms with E-state index in [-0.39, 0.29) is 111 Å². The number of nitro benzene ring substituents is 2. The van der Waals surface area contributed by atoms with Crippen LogP contribution in [0.3, 0.4) is 0 Å². The van der Waals surface area contributed by atoms with Gasteiger partial charge in [-0.15, -0.1) is 0 Å². The molecule has 18 nitrogen and oxygen atoms in total. The van der Waals surface area contributed by atoms with Crippen molar-refractivity contribution in [3.8, 4) is 0 Å². The summed E-state index contributed by atoms with van der Waals surface area (Å²) in [6, 6.07) is 9.17. The van der Waals surface area contributed by atoms with Gasteiger partial charge >= 0.3 is 84.5 Å². The number of esters is 2. The number of carboxylic acid groups (broad SMARTS) is 1. The number of carboxylic acids is 1. The maximum atomic E-state index is 11.4. The van der Waals surface area contributed by atoms with Gasteiger partial charge < -0.3 is 47.3 Å². The molecule has 0 unspecified atom stereocenters. The first kappa shape index (κ1) is 59.7. The van der Waals surface area contributed by atoms with Crippen LogP contribution in [0.4, 0.5) is 11.4 Å². The maximum absolute atomic E-state index is 11.4. The molecule has 3 aliphatic heterocycles. The molecule has 0 atom stereocenters. The third-order valence-electron chi connectivity index (χ3n) is 10.7. The van der Waals surface area contributed by atoms with Crippen LogP contribution in [-0.2, 0) is 65.0 Å². The molecule has 3 aliphatic rings. The molecule has 5 rings (SSSR count). The van der Waals surface area contributed by atoms with E-state index < -0.39 is 60.1 Å². The zero-order valence-corrected chi connectivity index (χ0v) is 42.6. The summed E-state index contributed by atoms with van der Waals surface area (Å²) in [6.07, 6.45) is 0. The van der Waals surface area contributed by atoms with Crippen LogP contribution in [0, 0.1) is 20.2 Å². The van der Waals surface area contributed by atoms with E-state index in [1.807, 2.05) is 83.1 Å². The summed E-state index contributed by atoms with van der Waals surface area (Å²) < 4.78 is 45.8. The molecule has 0 saturated carbocycles. The Kier molecular flexibility index (Phi) is 22.4. The van der Waals surface area contributed by atoms with Gasteiger partial charge in [-0.1, -0.05) is 31.7 Å². The number of aliphatic carboxylic acids is 1. The number of carbonyl (C=O) groups is 3. The quantitative estimate of drug-likeness (QED) is 0.160. The van der Waals surface area contributed by atoms with Crippen molar-refractivity contribution in [1.82, 2.24) is 0 Å². The standard InChI is InChI=1S/C15H20BNO6.C12H24B2O4.C9H8BrNO4.C2H4O2.CH4.K/c1-10(18)21-9-11-7-6-8-12(17(19)20)13(11)16-22-14(2,3)15(4,5)23-16;1-9(2)10(3,4)16-13(15-9)14-17-11(5,6)12(7,8)18-14;1-6(12)15-5-7-3-2-4-8(9(7)10)11(13)14;1-2(3)4;;/h6-8H,9H2,1-5H3;1-8H3;2-4H,5H2,1H3;1H3,(H,3,4);1H4;/q;;;;;+1/p-1. The van der Waals surface area contributed by atoms with E-state index in [1.54, 1.807) is 24.3 Å². The fourth-order valence-electron chi connectivity index (χ4n) is 5.29. The molecule has 338 valence electrons. The second kappa shape index (κ2) is 23.3. The molecule has 62 heavy (non-hydrogen) atoms. The number of halogens is 1. The molecule has 0 amide bonds. The third-order valence-corrected chi connectivity index (χ3v) is 11.7. The monoisotopic (exact) mass is 962 g/mol. The molecule has 0 radical (unpaired) electrons. The normalized spacial score (nSPS) is 19.0. The summed E-state index contributed by atoms with van der Waals surface area (Å²) in [7, 11) is -1.85. The summed E-state index contributed by atoms with van der Waals surface area (Å²) in [4.78, 5) is 51.5. The average Bonchev–Trinajstić information content (AvgIpc) is 3.55. The topological polar surface area (TPSA) is 234 Å². The third kappa shape index (κ3) is 15.7. The molecule has 3 heterocycles. The molecule has 0 aromatic heterocycles. The van der Waals surface area contributed by atoms with E-state index in [0.29, 0.717) is 15.6 Å². The number of carbonyl (C=O) groups excluding carboxylic acids is 3. The average molecular weight is 963 g/mol. The van der Waals surface area contributed by atoms with E-state index in [1.165, 1.54) is 26.0 Å². The van der Waals surface area contributed by atoms with Gasteiger partial charge in [0.05, 0.1) is 48.9 Å². The van der Waals surface area contributed by atoms with Crippen LogP contribution in [0.2, 0.25) is 0 Å². The van der Waals surface area contributed by atoms with E-state index >= 15 is 0 Å². The molecule has 0 bridgehead atoms. The molecule has 0 aliphatic carbocycles. The van der Waals surface area contributed by atoms with Crippen molar-refractivity contribution in [2.24, 2.45) is 0 Å². The SMILES string of the molecule is C.CC(=O)OCc1cccc([N+](=O)[O-])c1B1OC(C)(C)C(C)(C)O1.CC(=O)OCc1cccc([N+](=O)[O-])c1Br.CC(=O)[O-].CC1(C)OB(B2OC(C)(C)C(C)(C)O2)OC1(C)C.[K+]. The van der Waals surface area contributed by atoms with Gasteiger partial charge in [-0.2, -0.15) is 0 Å². The summed E-state index contributed by atoms with van der Waals surface area (Å²) in [5.74, 6) is -1.97. The van der Waals surface area contributed by atoms with E-state index in [9.17, 15) is 29.8 Å². The largest absolute Gasteiger partial charge is 1.00 e. The van der Waals surface area contributed by atoms with Crippen molar-refractivity contribution in [1.29, 1.82) is 0 Å². The Morgan fingerprint density at radius 1 is 0.597 bits per heavy atom. The molecular formula is C39H59B3BrKN2O16. The smallest absolute Gasteiger partial charge is 0.550 e. The van der Waals surface area contributed by atoms with E-state index in [0.717, 1.165) is 6.92 Å². The van der Waals surface area contributed by atoms with Crippen molar-refractivity contribution in [2.45, 2.75) is 158 Å². The fraction of sp³-hybridized carbons (Fsp3) is 0.615. The van der Waals surface area contributed by atoms with Crippen molar-refractivity contribution in [2.75, 3.05) is 0 Å².